The molecule has 4 aromatic rings. The van der Waals surface area contributed by atoms with Crippen molar-refractivity contribution in [2.75, 3.05) is 33.0 Å². The van der Waals surface area contributed by atoms with Crippen LogP contribution in [0.4, 0.5) is 0 Å². The summed E-state index contributed by atoms with van der Waals surface area (Å²) in [6, 6.07) is 29.7. The number of fused-ring (bicyclic) bond motifs is 1. The Labute approximate surface area is 233 Å². The molecule has 8 nitrogen and oxygen atoms in total. The number of hydrogen-bond acceptors (Lipinski definition) is 6. The summed E-state index contributed by atoms with van der Waals surface area (Å²) >= 11 is 0. The minimum atomic E-state index is -1.16. The van der Waals surface area contributed by atoms with Gasteiger partial charge in [0.25, 0.3) is 5.56 Å². The Morgan fingerprint density at radius 2 is 1.43 bits per heavy atom. The fourth-order valence-electron chi connectivity index (χ4n) is 5.57. The minimum absolute atomic E-state index is 0.107. The third-order valence-electron chi connectivity index (χ3n) is 7.72. The van der Waals surface area contributed by atoms with Gasteiger partial charge in [-0.25, -0.2) is 4.68 Å². The number of hydrogen-bond donors (Lipinski definition) is 0. The summed E-state index contributed by atoms with van der Waals surface area (Å²) in [6.07, 6.45) is 0. The van der Waals surface area contributed by atoms with Crippen LogP contribution in [0.25, 0.3) is 11.3 Å². The summed E-state index contributed by atoms with van der Waals surface area (Å²) in [7, 11) is 0. The van der Waals surface area contributed by atoms with Gasteiger partial charge in [0.1, 0.15) is 5.54 Å². The van der Waals surface area contributed by atoms with Crippen molar-refractivity contribution in [3.05, 3.63) is 112 Å². The molecule has 0 aliphatic carbocycles. The van der Waals surface area contributed by atoms with Crippen LogP contribution in [-0.2, 0) is 10.3 Å². The predicted molar refractivity (Wildman–Crippen MR) is 152 cm³/mol. The first-order chi connectivity index (χ1) is 19.4. The van der Waals surface area contributed by atoms with E-state index in [-0.39, 0.29) is 24.3 Å². The molecule has 0 unspecified atom stereocenters. The van der Waals surface area contributed by atoms with Gasteiger partial charge in [-0.1, -0.05) is 60.7 Å². The number of rotatable bonds is 6. The van der Waals surface area contributed by atoms with Crippen LogP contribution in [0.1, 0.15) is 31.0 Å². The van der Waals surface area contributed by atoms with Gasteiger partial charge in [-0.05, 0) is 49.2 Å². The number of aromatic nitrogens is 2. The SMILES string of the molecule is CC(C)(C(=O)N1CCN(C(c2ccccc2)c2ccccc2)CC1)n1nc(-c2ccc3c(c2)OCO3)ccc1=O. The van der Waals surface area contributed by atoms with Gasteiger partial charge in [0.15, 0.2) is 11.5 Å². The van der Waals surface area contributed by atoms with Gasteiger partial charge in [-0.15, -0.1) is 0 Å². The monoisotopic (exact) mass is 536 g/mol. The van der Waals surface area contributed by atoms with E-state index < -0.39 is 5.54 Å². The molecule has 1 amide bonds. The van der Waals surface area contributed by atoms with Gasteiger partial charge in [-0.2, -0.15) is 5.10 Å². The van der Waals surface area contributed by atoms with E-state index in [4.69, 9.17) is 9.47 Å². The maximum absolute atomic E-state index is 13.9. The standard InChI is InChI=1S/C32H32N4O4/c1-32(2,36-29(37)16-14-26(33-36)25-13-15-27-28(21-25)40-22-39-27)31(38)35-19-17-34(18-20-35)30(23-9-5-3-6-10-23)24-11-7-4-8-12-24/h3-16,21,30H,17-20,22H2,1-2H3. The fourth-order valence-corrected chi connectivity index (χ4v) is 5.57. The van der Waals surface area contributed by atoms with Gasteiger partial charge in [-0.3, -0.25) is 14.5 Å². The lowest BCUT2D eigenvalue weighted by atomic mass is 9.96. The first-order valence-electron chi connectivity index (χ1n) is 13.6. The Hall–Kier alpha value is -4.43. The molecule has 0 atom stereocenters. The highest BCUT2D eigenvalue weighted by molar-refractivity contribution is 5.83. The van der Waals surface area contributed by atoms with Crippen LogP contribution in [0.15, 0.2) is 95.8 Å². The van der Waals surface area contributed by atoms with Crippen LogP contribution >= 0.6 is 0 Å². The number of amides is 1. The van der Waals surface area contributed by atoms with Crippen molar-refractivity contribution in [1.82, 2.24) is 19.6 Å². The molecule has 1 saturated heterocycles. The van der Waals surface area contributed by atoms with Gasteiger partial charge in [0.2, 0.25) is 12.7 Å². The van der Waals surface area contributed by atoms with Gasteiger partial charge < -0.3 is 14.4 Å². The summed E-state index contributed by atoms with van der Waals surface area (Å²) in [5, 5.41) is 4.63. The molecule has 3 aromatic carbocycles. The maximum Gasteiger partial charge on any atom is 0.267 e. The molecule has 0 saturated carbocycles. The lowest BCUT2D eigenvalue weighted by Crippen LogP contribution is -2.57. The molecule has 0 bridgehead atoms. The molecule has 0 N–H and O–H groups in total. The lowest BCUT2D eigenvalue weighted by molar-refractivity contribution is -0.142. The van der Waals surface area contributed by atoms with Crippen molar-refractivity contribution in [3.8, 4) is 22.8 Å². The molecule has 0 radical (unpaired) electrons. The molecule has 2 aliphatic rings. The highest BCUT2D eigenvalue weighted by Gasteiger charge is 2.38. The Balaban J connectivity index is 1.21. The Morgan fingerprint density at radius 1 is 0.800 bits per heavy atom. The molecule has 3 heterocycles. The van der Waals surface area contributed by atoms with Crippen molar-refractivity contribution in [1.29, 1.82) is 0 Å². The number of nitrogens with zero attached hydrogens (tertiary/aromatic N) is 4. The summed E-state index contributed by atoms with van der Waals surface area (Å²) in [5.74, 6) is 1.18. The normalized spacial score (nSPS) is 15.4. The highest BCUT2D eigenvalue weighted by atomic mass is 16.7. The van der Waals surface area contributed by atoms with Gasteiger partial charge >= 0.3 is 0 Å². The van der Waals surface area contributed by atoms with Crippen molar-refractivity contribution in [3.63, 3.8) is 0 Å². The molecule has 204 valence electrons. The summed E-state index contributed by atoms with van der Waals surface area (Å²) in [5.41, 5.74) is 2.33. The number of piperazine rings is 1. The maximum atomic E-state index is 13.9. The number of carbonyl (C=O) groups excluding carboxylic acids is 1. The second kappa shape index (κ2) is 10.6. The predicted octanol–water partition coefficient (Wildman–Crippen LogP) is 4.31. The van der Waals surface area contributed by atoms with Crippen LogP contribution in [0, 0.1) is 0 Å². The van der Waals surface area contributed by atoms with Crippen molar-refractivity contribution in [2.24, 2.45) is 0 Å². The van der Waals surface area contributed by atoms with E-state index in [9.17, 15) is 9.59 Å². The van der Waals surface area contributed by atoms with E-state index in [1.807, 2.05) is 35.2 Å². The van der Waals surface area contributed by atoms with E-state index in [1.165, 1.54) is 21.9 Å². The quantitative estimate of drug-likeness (QED) is 0.366. The van der Waals surface area contributed by atoms with Crippen molar-refractivity contribution in [2.45, 2.75) is 25.4 Å². The van der Waals surface area contributed by atoms with Crippen LogP contribution in [-0.4, -0.2) is 58.5 Å². The highest BCUT2D eigenvalue weighted by Crippen LogP contribution is 2.35. The van der Waals surface area contributed by atoms with E-state index in [0.717, 1.165) is 18.7 Å². The summed E-state index contributed by atoms with van der Waals surface area (Å²) in [4.78, 5) is 31.1. The Morgan fingerprint density at radius 3 is 2.08 bits per heavy atom. The van der Waals surface area contributed by atoms with Crippen LogP contribution in [0.5, 0.6) is 11.5 Å². The first-order valence-corrected chi connectivity index (χ1v) is 13.6. The molecule has 40 heavy (non-hydrogen) atoms. The second-order valence-electron chi connectivity index (χ2n) is 10.6. The second-order valence-corrected chi connectivity index (χ2v) is 10.6. The van der Waals surface area contributed by atoms with Crippen LogP contribution in [0.3, 0.4) is 0 Å². The zero-order valence-corrected chi connectivity index (χ0v) is 22.7. The van der Waals surface area contributed by atoms with Crippen molar-refractivity contribution >= 4 is 5.91 Å². The summed E-state index contributed by atoms with van der Waals surface area (Å²) in [6.45, 7) is 6.26. The summed E-state index contributed by atoms with van der Waals surface area (Å²) < 4.78 is 12.2. The molecule has 8 heteroatoms. The molecule has 6 rings (SSSR count). The average Bonchev–Trinajstić information content (AvgIpc) is 3.47. The zero-order chi connectivity index (χ0) is 27.7. The topological polar surface area (TPSA) is 76.9 Å². The smallest absolute Gasteiger partial charge is 0.267 e. The largest absolute Gasteiger partial charge is 0.454 e. The molecule has 0 spiro atoms. The Bertz CT molecular complexity index is 1520. The molecule has 1 aromatic heterocycles. The molecule has 1 fully saturated rings. The van der Waals surface area contributed by atoms with Crippen LogP contribution < -0.4 is 15.0 Å². The number of benzene rings is 3. The minimum Gasteiger partial charge on any atom is -0.454 e. The van der Waals surface area contributed by atoms with E-state index in [0.29, 0.717) is 30.3 Å². The van der Waals surface area contributed by atoms with Crippen LogP contribution in [0.2, 0.25) is 0 Å². The van der Waals surface area contributed by atoms with E-state index >= 15 is 0 Å². The van der Waals surface area contributed by atoms with E-state index in [1.54, 1.807) is 19.9 Å². The third kappa shape index (κ3) is 4.86. The number of carbonyl (C=O) groups is 1. The lowest BCUT2D eigenvalue weighted by Gasteiger charge is -2.42. The Kier molecular flexibility index (Phi) is 6.86. The average molecular weight is 537 g/mol. The molecular formula is C32H32N4O4. The first kappa shape index (κ1) is 25.8. The fraction of sp³-hybridized carbons (Fsp3) is 0.281. The molecular weight excluding hydrogens is 504 g/mol. The zero-order valence-electron chi connectivity index (χ0n) is 22.7. The van der Waals surface area contributed by atoms with E-state index in [2.05, 4.69) is 58.5 Å². The van der Waals surface area contributed by atoms with Gasteiger partial charge in [0, 0.05) is 37.8 Å². The number of ether oxygens (including phenoxy) is 2. The third-order valence-corrected chi connectivity index (χ3v) is 7.72. The van der Waals surface area contributed by atoms with Gasteiger partial charge in [0.05, 0.1) is 11.7 Å². The molecule has 2 aliphatic heterocycles. The van der Waals surface area contributed by atoms with Crippen molar-refractivity contribution < 1.29 is 14.3 Å².